The Balaban J connectivity index is 4.04. The van der Waals surface area contributed by atoms with Gasteiger partial charge >= 0.3 is 0 Å². The summed E-state index contributed by atoms with van der Waals surface area (Å²) in [4.78, 5) is 22.1. The molecule has 6 nitrogen and oxygen atoms in total. The van der Waals surface area contributed by atoms with E-state index >= 15 is 0 Å². The Morgan fingerprint density at radius 2 is 2.13 bits per heavy atom. The zero-order valence-electron chi connectivity index (χ0n) is 8.60. The van der Waals surface area contributed by atoms with Gasteiger partial charge in [-0.15, -0.1) is 0 Å². The number of aliphatic hydroxyl groups excluding tert-OH is 1. The van der Waals surface area contributed by atoms with Crippen LogP contribution in [0.25, 0.3) is 0 Å². The van der Waals surface area contributed by atoms with Crippen molar-refractivity contribution in [2.24, 2.45) is 11.5 Å². The minimum atomic E-state index is -1.06. The molecule has 0 saturated carbocycles. The molecule has 0 saturated heterocycles. The number of carbonyl (C=O) groups is 2. The molecule has 88 valence electrons. The van der Waals surface area contributed by atoms with Crippen LogP contribution in [-0.4, -0.2) is 47.6 Å². The van der Waals surface area contributed by atoms with E-state index in [1.807, 2.05) is 6.26 Å². The van der Waals surface area contributed by atoms with Gasteiger partial charge in [-0.05, 0) is 18.4 Å². The highest BCUT2D eigenvalue weighted by Gasteiger charge is 2.20. The summed E-state index contributed by atoms with van der Waals surface area (Å²) in [5.74, 6) is -0.487. The SMILES string of the molecule is CSCC[C@H](N)C(=O)N[C@@H](CO)C(N)=O. The highest BCUT2D eigenvalue weighted by molar-refractivity contribution is 7.98. The molecule has 0 aliphatic rings. The molecule has 0 aliphatic heterocycles. The van der Waals surface area contributed by atoms with Gasteiger partial charge in [-0.2, -0.15) is 11.8 Å². The average Bonchev–Trinajstić information content (AvgIpc) is 2.21. The van der Waals surface area contributed by atoms with Crippen molar-refractivity contribution < 1.29 is 14.7 Å². The van der Waals surface area contributed by atoms with Crippen LogP contribution in [0.2, 0.25) is 0 Å². The molecule has 0 spiro atoms. The first-order chi connectivity index (χ1) is 7.02. The smallest absolute Gasteiger partial charge is 0.242 e. The van der Waals surface area contributed by atoms with Crippen LogP contribution in [0.4, 0.5) is 0 Å². The first-order valence-electron chi connectivity index (χ1n) is 4.48. The van der Waals surface area contributed by atoms with E-state index in [1.54, 1.807) is 11.8 Å². The third-order valence-corrected chi connectivity index (χ3v) is 2.46. The van der Waals surface area contributed by atoms with Gasteiger partial charge in [0.2, 0.25) is 11.8 Å². The van der Waals surface area contributed by atoms with Crippen LogP contribution in [0, 0.1) is 0 Å². The van der Waals surface area contributed by atoms with Gasteiger partial charge in [0.25, 0.3) is 0 Å². The van der Waals surface area contributed by atoms with Crippen LogP contribution in [0.15, 0.2) is 0 Å². The van der Waals surface area contributed by atoms with Crippen molar-refractivity contribution in [1.82, 2.24) is 5.32 Å². The molecule has 0 radical (unpaired) electrons. The minimum absolute atomic E-state index is 0.470. The van der Waals surface area contributed by atoms with Crippen LogP contribution in [0.3, 0.4) is 0 Å². The van der Waals surface area contributed by atoms with Crippen LogP contribution in [-0.2, 0) is 9.59 Å². The lowest BCUT2D eigenvalue weighted by Crippen LogP contribution is -2.52. The maximum absolute atomic E-state index is 11.4. The highest BCUT2D eigenvalue weighted by atomic mass is 32.2. The Morgan fingerprint density at radius 1 is 1.53 bits per heavy atom. The molecule has 0 aliphatic carbocycles. The fraction of sp³-hybridized carbons (Fsp3) is 0.750. The van der Waals surface area contributed by atoms with E-state index in [4.69, 9.17) is 16.6 Å². The summed E-state index contributed by atoms with van der Waals surface area (Å²) >= 11 is 1.58. The summed E-state index contributed by atoms with van der Waals surface area (Å²) < 4.78 is 0. The van der Waals surface area contributed by atoms with E-state index < -0.39 is 30.5 Å². The quantitative estimate of drug-likeness (QED) is 0.408. The van der Waals surface area contributed by atoms with E-state index in [0.29, 0.717) is 6.42 Å². The number of rotatable bonds is 7. The van der Waals surface area contributed by atoms with Crippen molar-refractivity contribution >= 4 is 23.6 Å². The summed E-state index contributed by atoms with van der Waals surface area (Å²) in [6, 6.07) is -1.73. The molecule has 0 aromatic rings. The molecule has 0 unspecified atom stereocenters. The average molecular weight is 235 g/mol. The normalized spacial score (nSPS) is 14.3. The fourth-order valence-electron chi connectivity index (χ4n) is 0.861. The number of nitrogens with two attached hydrogens (primary N) is 2. The maximum Gasteiger partial charge on any atom is 0.242 e. The van der Waals surface area contributed by atoms with Crippen LogP contribution >= 0.6 is 11.8 Å². The molecule has 0 aromatic carbocycles. The van der Waals surface area contributed by atoms with Gasteiger partial charge in [0.15, 0.2) is 0 Å². The first kappa shape index (κ1) is 14.2. The van der Waals surface area contributed by atoms with Crippen molar-refractivity contribution in [2.75, 3.05) is 18.6 Å². The lowest BCUT2D eigenvalue weighted by atomic mass is 10.2. The Labute approximate surface area is 92.8 Å². The molecule has 0 fully saturated rings. The third kappa shape index (κ3) is 5.60. The zero-order valence-corrected chi connectivity index (χ0v) is 9.42. The second-order valence-electron chi connectivity index (χ2n) is 3.03. The van der Waals surface area contributed by atoms with Crippen molar-refractivity contribution in [1.29, 1.82) is 0 Å². The predicted octanol–water partition coefficient (Wildman–Crippen LogP) is -1.97. The van der Waals surface area contributed by atoms with Crippen molar-refractivity contribution in [3.05, 3.63) is 0 Å². The monoisotopic (exact) mass is 235 g/mol. The fourth-order valence-corrected chi connectivity index (χ4v) is 1.35. The van der Waals surface area contributed by atoms with Gasteiger partial charge in [0, 0.05) is 0 Å². The number of nitrogens with one attached hydrogen (secondary N) is 1. The van der Waals surface area contributed by atoms with Gasteiger partial charge in [-0.25, -0.2) is 0 Å². The minimum Gasteiger partial charge on any atom is -0.394 e. The number of thioether (sulfide) groups is 1. The van der Waals surface area contributed by atoms with Crippen LogP contribution in [0.1, 0.15) is 6.42 Å². The molecule has 7 heteroatoms. The molecule has 0 aromatic heterocycles. The topological polar surface area (TPSA) is 118 Å². The molecule has 6 N–H and O–H groups in total. The largest absolute Gasteiger partial charge is 0.394 e. The van der Waals surface area contributed by atoms with Crippen LogP contribution in [0.5, 0.6) is 0 Å². The Morgan fingerprint density at radius 3 is 2.53 bits per heavy atom. The van der Waals surface area contributed by atoms with Crippen molar-refractivity contribution in [3.63, 3.8) is 0 Å². The molecule has 2 amide bonds. The molecular weight excluding hydrogens is 218 g/mol. The molecule has 2 atom stereocenters. The summed E-state index contributed by atoms with van der Waals surface area (Å²) in [5.41, 5.74) is 10.5. The predicted molar refractivity (Wildman–Crippen MR) is 59.2 cm³/mol. The molecule has 15 heavy (non-hydrogen) atoms. The molecule has 0 bridgehead atoms. The lowest BCUT2D eigenvalue weighted by molar-refractivity contribution is -0.129. The second-order valence-corrected chi connectivity index (χ2v) is 4.02. The van der Waals surface area contributed by atoms with E-state index in [2.05, 4.69) is 5.32 Å². The van der Waals surface area contributed by atoms with Gasteiger partial charge in [0.05, 0.1) is 12.6 Å². The summed E-state index contributed by atoms with van der Waals surface area (Å²) in [7, 11) is 0. The Hall–Kier alpha value is -0.790. The number of hydrogen-bond donors (Lipinski definition) is 4. The third-order valence-electron chi connectivity index (χ3n) is 1.81. The van der Waals surface area contributed by atoms with Crippen LogP contribution < -0.4 is 16.8 Å². The number of carbonyl (C=O) groups excluding carboxylic acids is 2. The standard InChI is InChI=1S/C8H17N3O3S/c1-15-3-2-5(9)8(14)11-6(4-12)7(10)13/h5-6,12H,2-4,9H2,1H3,(H2,10,13)(H,11,14)/t5-,6-/m0/s1. The lowest BCUT2D eigenvalue weighted by Gasteiger charge is -2.16. The van der Waals surface area contributed by atoms with Gasteiger partial charge in [-0.3, -0.25) is 9.59 Å². The number of amides is 2. The number of aliphatic hydroxyl groups is 1. The van der Waals surface area contributed by atoms with E-state index in [0.717, 1.165) is 5.75 Å². The molecular formula is C8H17N3O3S. The van der Waals surface area contributed by atoms with Gasteiger partial charge in [0.1, 0.15) is 6.04 Å². The number of hydrogen-bond acceptors (Lipinski definition) is 5. The van der Waals surface area contributed by atoms with Crippen molar-refractivity contribution in [3.8, 4) is 0 Å². The van der Waals surface area contributed by atoms with Gasteiger partial charge in [-0.1, -0.05) is 0 Å². The zero-order chi connectivity index (χ0) is 11.8. The van der Waals surface area contributed by atoms with E-state index in [9.17, 15) is 9.59 Å². The first-order valence-corrected chi connectivity index (χ1v) is 5.87. The number of primary amides is 1. The highest BCUT2D eigenvalue weighted by Crippen LogP contribution is 1.98. The van der Waals surface area contributed by atoms with Gasteiger partial charge < -0.3 is 21.9 Å². The summed E-state index contributed by atoms with van der Waals surface area (Å²) in [5, 5.41) is 11.0. The molecule has 0 heterocycles. The second kappa shape index (κ2) is 7.49. The molecule has 0 rings (SSSR count). The van der Waals surface area contributed by atoms with E-state index in [1.165, 1.54) is 0 Å². The Bertz CT molecular complexity index is 225. The summed E-state index contributed by atoms with van der Waals surface area (Å²) in [6.45, 7) is -0.518. The maximum atomic E-state index is 11.4. The Kier molecular flexibility index (Phi) is 7.10. The van der Waals surface area contributed by atoms with Crippen molar-refractivity contribution in [2.45, 2.75) is 18.5 Å². The summed E-state index contributed by atoms with van der Waals surface area (Å²) in [6.07, 6.45) is 2.43. The van der Waals surface area contributed by atoms with E-state index in [-0.39, 0.29) is 0 Å².